The van der Waals surface area contributed by atoms with Crippen molar-refractivity contribution in [1.82, 2.24) is 0 Å². The second kappa shape index (κ2) is 5.32. The molecule has 0 saturated heterocycles. The van der Waals surface area contributed by atoms with E-state index in [9.17, 15) is 0 Å². The second-order valence-electron chi connectivity index (χ2n) is 7.11. The van der Waals surface area contributed by atoms with Crippen LogP contribution in [0.4, 0.5) is 0 Å². The van der Waals surface area contributed by atoms with Crippen LogP contribution in [0, 0.1) is 0 Å². The van der Waals surface area contributed by atoms with Gasteiger partial charge in [0, 0.05) is 12.6 Å². The molecule has 1 rings (SSSR count). The zero-order valence-corrected chi connectivity index (χ0v) is 13.5. The van der Waals surface area contributed by atoms with Crippen molar-refractivity contribution in [3.63, 3.8) is 0 Å². The van der Waals surface area contributed by atoms with E-state index in [-0.39, 0.29) is 10.8 Å². The molecule has 104 valence electrons. The quantitative estimate of drug-likeness (QED) is 0.669. The number of aliphatic imine (C=N–C) groups is 1. The molecular weight excluding hydrogens is 230 g/mol. The number of allylic oxidation sites excluding steroid dienone is 1. The van der Waals surface area contributed by atoms with Crippen LogP contribution in [0.15, 0.2) is 35.8 Å². The molecule has 0 amide bonds. The van der Waals surface area contributed by atoms with Crippen molar-refractivity contribution in [2.75, 3.05) is 7.05 Å². The Kier molecular flexibility index (Phi) is 4.39. The van der Waals surface area contributed by atoms with Crippen molar-refractivity contribution >= 4 is 5.71 Å². The van der Waals surface area contributed by atoms with Gasteiger partial charge >= 0.3 is 0 Å². The van der Waals surface area contributed by atoms with Gasteiger partial charge in [0.25, 0.3) is 0 Å². The summed E-state index contributed by atoms with van der Waals surface area (Å²) >= 11 is 0. The summed E-state index contributed by atoms with van der Waals surface area (Å²) in [6, 6.07) is 6.79. The van der Waals surface area contributed by atoms with Gasteiger partial charge in [-0.1, -0.05) is 54.2 Å². The summed E-state index contributed by atoms with van der Waals surface area (Å²) in [6.45, 7) is 17.3. The van der Waals surface area contributed by atoms with E-state index >= 15 is 0 Å². The fraction of sp³-hybridized carbons (Fsp3) is 0.500. The molecule has 0 saturated carbocycles. The Morgan fingerprint density at radius 3 is 1.63 bits per heavy atom. The van der Waals surface area contributed by atoms with Gasteiger partial charge in [0.1, 0.15) is 0 Å². The molecule has 0 heterocycles. The Hall–Kier alpha value is -1.37. The third-order valence-corrected chi connectivity index (χ3v) is 3.40. The van der Waals surface area contributed by atoms with Crippen LogP contribution in [0.1, 0.15) is 58.2 Å². The molecule has 1 aromatic carbocycles. The molecule has 0 radical (unpaired) electrons. The topological polar surface area (TPSA) is 12.4 Å². The van der Waals surface area contributed by atoms with Gasteiger partial charge in [-0.15, -0.1) is 0 Å². The number of hydrogen-bond donors (Lipinski definition) is 0. The van der Waals surface area contributed by atoms with E-state index in [1.807, 2.05) is 13.1 Å². The predicted octanol–water partition coefficient (Wildman–Crippen LogP) is 4.89. The summed E-state index contributed by atoms with van der Waals surface area (Å²) < 4.78 is 0. The molecule has 0 aromatic heterocycles. The lowest BCUT2D eigenvalue weighted by Crippen LogP contribution is -2.18. The SMILES string of the molecule is C=CC(=NC)c1cc(C(C)(C)C)cc(C(C)(C)C)c1. The highest BCUT2D eigenvalue weighted by atomic mass is 14.7. The molecule has 0 atom stereocenters. The highest BCUT2D eigenvalue weighted by molar-refractivity contribution is 6.08. The molecule has 19 heavy (non-hydrogen) atoms. The zero-order valence-electron chi connectivity index (χ0n) is 13.5. The highest BCUT2D eigenvalue weighted by Crippen LogP contribution is 2.30. The van der Waals surface area contributed by atoms with E-state index < -0.39 is 0 Å². The first-order valence-corrected chi connectivity index (χ1v) is 6.85. The minimum atomic E-state index is 0.135. The van der Waals surface area contributed by atoms with Crippen molar-refractivity contribution in [3.05, 3.63) is 47.5 Å². The normalized spacial score (nSPS) is 13.5. The fourth-order valence-electron chi connectivity index (χ4n) is 1.98. The summed E-state index contributed by atoms with van der Waals surface area (Å²) in [7, 11) is 1.82. The van der Waals surface area contributed by atoms with Gasteiger partial charge in [-0.25, -0.2) is 0 Å². The van der Waals surface area contributed by atoms with Crippen LogP contribution in [-0.2, 0) is 10.8 Å². The van der Waals surface area contributed by atoms with Crippen LogP contribution in [0.25, 0.3) is 0 Å². The molecule has 1 aromatic rings. The van der Waals surface area contributed by atoms with E-state index in [1.54, 1.807) is 0 Å². The summed E-state index contributed by atoms with van der Waals surface area (Å²) in [5.74, 6) is 0. The lowest BCUT2D eigenvalue weighted by molar-refractivity contribution is 0.568. The Balaban J connectivity index is 3.54. The molecule has 0 aliphatic heterocycles. The van der Waals surface area contributed by atoms with Crippen molar-refractivity contribution in [3.8, 4) is 0 Å². The summed E-state index contributed by atoms with van der Waals surface area (Å²) in [4.78, 5) is 4.32. The number of nitrogens with zero attached hydrogens (tertiary/aromatic N) is 1. The van der Waals surface area contributed by atoms with Crippen molar-refractivity contribution in [2.24, 2.45) is 4.99 Å². The van der Waals surface area contributed by atoms with Crippen LogP contribution in [-0.4, -0.2) is 12.8 Å². The smallest absolute Gasteiger partial charge is 0.0637 e. The average molecular weight is 257 g/mol. The number of hydrogen-bond acceptors (Lipinski definition) is 1. The van der Waals surface area contributed by atoms with Gasteiger partial charge in [0.2, 0.25) is 0 Å². The van der Waals surface area contributed by atoms with Crippen molar-refractivity contribution < 1.29 is 0 Å². The van der Waals surface area contributed by atoms with E-state index in [1.165, 1.54) is 11.1 Å². The Morgan fingerprint density at radius 2 is 1.37 bits per heavy atom. The largest absolute Gasteiger partial charge is 0.288 e. The van der Waals surface area contributed by atoms with Gasteiger partial charge in [-0.3, -0.25) is 4.99 Å². The summed E-state index contributed by atoms with van der Waals surface area (Å²) in [5, 5.41) is 0. The molecule has 0 aliphatic rings. The molecule has 0 unspecified atom stereocenters. The maximum Gasteiger partial charge on any atom is 0.0637 e. The molecule has 0 aliphatic carbocycles. The Bertz CT molecular complexity index is 461. The van der Waals surface area contributed by atoms with E-state index in [0.717, 1.165) is 11.3 Å². The number of benzene rings is 1. The summed E-state index contributed by atoms with van der Waals surface area (Å²) in [6.07, 6.45) is 1.83. The van der Waals surface area contributed by atoms with Gasteiger partial charge in [-0.2, -0.15) is 0 Å². The van der Waals surface area contributed by atoms with Crippen LogP contribution >= 0.6 is 0 Å². The fourth-order valence-corrected chi connectivity index (χ4v) is 1.98. The molecular formula is C18H27N. The maximum atomic E-state index is 4.32. The average Bonchev–Trinajstić information content (AvgIpc) is 2.28. The standard InChI is InChI=1S/C18H27N/c1-9-16(19-8)13-10-14(17(2,3)4)12-15(11-13)18(5,6)7/h9-12H,1H2,2-8H3. The van der Waals surface area contributed by atoms with Crippen LogP contribution in [0.5, 0.6) is 0 Å². The van der Waals surface area contributed by atoms with Gasteiger partial charge in [-0.05, 0) is 40.2 Å². The van der Waals surface area contributed by atoms with Crippen molar-refractivity contribution in [1.29, 1.82) is 0 Å². The van der Waals surface area contributed by atoms with Gasteiger partial charge < -0.3 is 0 Å². The first-order chi connectivity index (χ1) is 8.59. The summed E-state index contributed by atoms with van der Waals surface area (Å²) in [5.41, 5.74) is 5.08. The predicted molar refractivity (Wildman–Crippen MR) is 86.5 cm³/mol. The second-order valence-corrected chi connectivity index (χ2v) is 7.11. The minimum absolute atomic E-state index is 0.135. The Labute approximate surface area is 118 Å². The monoisotopic (exact) mass is 257 g/mol. The zero-order chi connectivity index (χ0) is 14.8. The third kappa shape index (κ3) is 3.79. The third-order valence-electron chi connectivity index (χ3n) is 3.40. The van der Waals surface area contributed by atoms with Gasteiger partial charge in [0.05, 0.1) is 5.71 Å². The molecule has 0 bridgehead atoms. The Morgan fingerprint density at radius 1 is 0.947 bits per heavy atom. The van der Waals surface area contributed by atoms with Gasteiger partial charge in [0.15, 0.2) is 0 Å². The number of rotatable bonds is 2. The van der Waals surface area contributed by atoms with E-state index in [2.05, 4.69) is 71.3 Å². The first-order valence-electron chi connectivity index (χ1n) is 6.85. The van der Waals surface area contributed by atoms with Crippen LogP contribution in [0.2, 0.25) is 0 Å². The van der Waals surface area contributed by atoms with Crippen LogP contribution < -0.4 is 0 Å². The molecule has 1 nitrogen and oxygen atoms in total. The van der Waals surface area contributed by atoms with E-state index in [4.69, 9.17) is 0 Å². The lowest BCUT2D eigenvalue weighted by atomic mass is 9.79. The first kappa shape index (κ1) is 15.7. The van der Waals surface area contributed by atoms with Crippen LogP contribution in [0.3, 0.4) is 0 Å². The maximum absolute atomic E-state index is 4.32. The minimum Gasteiger partial charge on any atom is -0.288 e. The molecule has 0 spiro atoms. The lowest BCUT2D eigenvalue weighted by Gasteiger charge is -2.26. The molecule has 1 heteroatoms. The molecule has 0 N–H and O–H groups in total. The molecule has 0 fully saturated rings. The van der Waals surface area contributed by atoms with E-state index in [0.29, 0.717) is 0 Å². The highest BCUT2D eigenvalue weighted by Gasteiger charge is 2.21. The van der Waals surface area contributed by atoms with Crippen molar-refractivity contribution in [2.45, 2.75) is 52.4 Å².